The summed E-state index contributed by atoms with van der Waals surface area (Å²) >= 11 is 0. The number of hydrogen-bond acceptors (Lipinski definition) is 3. The Balaban J connectivity index is 2.12. The van der Waals surface area contributed by atoms with E-state index in [1.165, 1.54) is 12.6 Å². The van der Waals surface area contributed by atoms with E-state index >= 15 is 0 Å². The third-order valence-electron chi connectivity index (χ3n) is 4.64. The molecule has 1 aromatic carbocycles. The minimum Gasteiger partial charge on any atom is -0.360 e. The largest absolute Gasteiger partial charge is 0.360 e. The summed E-state index contributed by atoms with van der Waals surface area (Å²) in [5.74, 6) is -0.196. The molecule has 1 amide bonds. The van der Waals surface area contributed by atoms with Crippen molar-refractivity contribution in [2.24, 2.45) is 0 Å². The molecule has 0 spiro atoms. The highest BCUT2D eigenvalue weighted by molar-refractivity contribution is 5.97. The molecule has 4 heteroatoms. The molecule has 2 rings (SSSR count). The number of nitrogens with zero attached hydrogens (tertiary/aromatic N) is 2. The number of carbonyl (C=O) groups is 1. The first-order valence-electron chi connectivity index (χ1n) is 8.24. The fourth-order valence-corrected chi connectivity index (χ4v) is 3.15. The maximum Gasteiger partial charge on any atom is 0.266 e. The van der Waals surface area contributed by atoms with Crippen LogP contribution in [0.4, 0.5) is 5.69 Å². The van der Waals surface area contributed by atoms with Crippen molar-refractivity contribution in [3.05, 3.63) is 41.1 Å². The van der Waals surface area contributed by atoms with E-state index in [2.05, 4.69) is 5.32 Å². The van der Waals surface area contributed by atoms with E-state index in [1.54, 1.807) is 4.90 Å². The number of hydrogen-bond donors (Lipinski definition) is 1. The van der Waals surface area contributed by atoms with Crippen molar-refractivity contribution in [3.8, 4) is 6.07 Å². The number of nitrogens with one attached hydrogen (secondary N) is 1. The van der Waals surface area contributed by atoms with Gasteiger partial charge in [0.1, 0.15) is 11.6 Å². The number of benzene rings is 1. The normalized spacial score (nSPS) is 15.8. The van der Waals surface area contributed by atoms with Crippen LogP contribution in [0.15, 0.2) is 30.0 Å². The van der Waals surface area contributed by atoms with Gasteiger partial charge in [0.25, 0.3) is 5.91 Å². The molecular formula is C19H25N3O. The number of para-hydroxylation sites is 1. The molecule has 0 saturated heterocycles. The van der Waals surface area contributed by atoms with Gasteiger partial charge < -0.3 is 10.2 Å². The highest BCUT2D eigenvalue weighted by atomic mass is 16.2. The highest BCUT2D eigenvalue weighted by Gasteiger charge is 2.24. The molecule has 1 saturated carbocycles. The van der Waals surface area contributed by atoms with Crippen LogP contribution >= 0.6 is 0 Å². The smallest absolute Gasteiger partial charge is 0.266 e. The monoisotopic (exact) mass is 311 g/mol. The number of carbonyl (C=O) groups excluding carboxylic acids is 1. The summed E-state index contributed by atoms with van der Waals surface area (Å²) in [6.07, 6.45) is 7.17. The lowest BCUT2D eigenvalue weighted by molar-refractivity contribution is -0.128. The predicted octanol–water partition coefficient (Wildman–Crippen LogP) is 3.91. The van der Waals surface area contributed by atoms with Crippen LogP contribution in [0.2, 0.25) is 0 Å². The number of anilines is 1. The first kappa shape index (κ1) is 17.1. The molecule has 0 bridgehead atoms. The van der Waals surface area contributed by atoms with E-state index in [1.807, 2.05) is 45.2 Å². The first-order chi connectivity index (χ1) is 11.0. The van der Waals surface area contributed by atoms with Gasteiger partial charge in [0.15, 0.2) is 0 Å². The zero-order valence-electron chi connectivity index (χ0n) is 14.2. The molecule has 0 aromatic heterocycles. The Hall–Kier alpha value is -2.28. The Kier molecular flexibility index (Phi) is 5.81. The van der Waals surface area contributed by atoms with Crippen LogP contribution in [0.1, 0.15) is 43.2 Å². The van der Waals surface area contributed by atoms with E-state index in [9.17, 15) is 10.1 Å². The second-order valence-electron chi connectivity index (χ2n) is 6.29. The van der Waals surface area contributed by atoms with E-state index < -0.39 is 0 Å². The second kappa shape index (κ2) is 7.82. The maximum atomic E-state index is 12.6. The Bertz CT molecular complexity index is 616. The van der Waals surface area contributed by atoms with Crippen molar-refractivity contribution in [3.63, 3.8) is 0 Å². The lowest BCUT2D eigenvalue weighted by atomic mass is 9.94. The molecule has 0 unspecified atom stereocenters. The van der Waals surface area contributed by atoms with E-state index in [-0.39, 0.29) is 17.5 Å². The minimum atomic E-state index is -0.196. The number of rotatable bonds is 4. The molecule has 1 N–H and O–H groups in total. The molecule has 1 aliphatic rings. The Morgan fingerprint density at radius 3 is 2.43 bits per heavy atom. The van der Waals surface area contributed by atoms with Crippen LogP contribution < -0.4 is 5.32 Å². The van der Waals surface area contributed by atoms with Gasteiger partial charge in [-0.25, -0.2) is 0 Å². The van der Waals surface area contributed by atoms with Crippen molar-refractivity contribution in [2.75, 3.05) is 12.4 Å². The van der Waals surface area contributed by atoms with Crippen LogP contribution in [0.5, 0.6) is 0 Å². The summed E-state index contributed by atoms with van der Waals surface area (Å²) in [5, 5.41) is 12.5. The number of likely N-dealkylation sites (N-methyl/N-ethyl adjacent to an activating group) is 1. The van der Waals surface area contributed by atoms with E-state index in [0.29, 0.717) is 0 Å². The van der Waals surface area contributed by atoms with Crippen molar-refractivity contribution in [1.82, 2.24) is 4.90 Å². The summed E-state index contributed by atoms with van der Waals surface area (Å²) in [6.45, 7) is 4.01. The SMILES string of the molecule is Cc1cccc(C)c1N/C=C(/C#N)C(=O)N(C)C1CCCCC1. The van der Waals surface area contributed by atoms with Gasteiger partial charge in [-0.05, 0) is 37.8 Å². The van der Waals surface area contributed by atoms with Crippen LogP contribution in [-0.4, -0.2) is 23.9 Å². The lowest BCUT2D eigenvalue weighted by Crippen LogP contribution is -2.39. The summed E-state index contributed by atoms with van der Waals surface area (Å²) in [7, 11) is 1.81. The van der Waals surface area contributed by atoms with Crippen molar-refractivity contribution in [2.45, 2.75) is 52.0 Å². The van der Waals surface area contributed by atoms with Crippen LogP contribution in [-0.2, 0) is 4.79 Å². The molecule has 0 atom stereocenters. The number of nitriles is 1. The average Bonchev–Trinajstić information content (AvgIpc) is 2.57. The summed E-state index contributed by atoms with van der Waals surface area (Å²) in [6, 6.07) is 8.30. The van der Waals surface area contributed by atoms with E-state index in [4.69, 9.17) is 0 Å². The lowest BCUT2D eigenvalue weighted by Gasteiger charge is -2.31. The molecule has 1 fully saturated rings. The third-order valence-corrected chi connectivity index (χ3v) is 4.64. The predicted molar refractivity (Wildman–Crippen MR) is 92.9 cm³/mol. The van der Waals surface area contributed by atoms with Crippen LogP contribution in [0.25, 0.3) is 0 Å². The zero-order valence-corrected chi connectivity index (χ0v) is 14.2. The fourth-order valence-electron chi connectivity index (χ4n) is 3.15. The highest BCUT2D eigenvalue weighted by Crippen LogP contribution is 2.23. The Morgan fingerprint density at radius 1 is 1.26 bits per heavy atom. The van der Waals surface area contributed by atoms with Gasteiger partial charge in [-0.1, -0.05) is 37.5 Å². The van der Waals surface area contributed by atoms with Gasteiger partial charge in [0.2, 0.25) is 0 Å². The molecule has 1 aromatic rings. The van der Waals surface area contributed by atoms with Crippen molar-refractivity contribution in [1.29, 1.82) is 5.26 Å². The van der Waals surface area contributed by atoms with Gasteiger partial charge in [-0.3, -0.25) is 4.79 Å². The second-order valence-corrected chi connectivity index (χ2v) is 6.29. The molecule has 0 aliphatic heterocycles. The Labute approximate surface area is 138 Å². The summed E-state index contributed by atoms with van der Waals surface area (Å²) in [5.41, 5.74) is 3.28. The molecule has 4 nitrogen and oxygen atoms in total. The van der Waals surface area contributed by atoms with Crippen molar-refractivity contribution < 1.29 is 4.79 Å². The van der Waals surface area contributed by atoms with Gasteiger partial charge in [0, 0.05) is 25.0 Å². The molecule has 23 heavy (non-hydrogen) atoms. The maximum absolute atomic E-state index is 12.6. The standard InChI is InChI=1S/C19H25N3O/c1-14-8-7-9-15(2)18(14)21-13-16(12-20)19(23)22(3)17-10-5-4-6-11-17/h7-9,13,17,21H,4-6,10-11H2,1-3H3/b16-13-. The minimum absolute atomic E-state index is 0.153. The van der Waals surface area contributed by atoms with Crippen LogP contribution in [0, 0.1) is 25.2 Å². The summed E-state index contributed by atoms with van der Waals surface area (Å²) in [4.78, 5) is 14.3. The molecule has 122 valence electrons. The summed E-state index contributed by atoms with van der Waals surface area (Å²) < 4.78 is 0. The molecule has 0 heterocycles. The zero-order chi connectivity index (χ0) is 16.8. The van der Waals surface area contributed by atoms with Crippen molar-refractivity contribution >= 4 is 11.6 Å². The molecule has 1 aliphatic carbocycles. The van der Waals surface area contributed by atoms with Gasteiger partial charge in [-0.15, -0.1) is 0 Å². The Morgan fingerprint density at radius 2 is 1.87 bits per heavy atom. The first-order valence-corrected chi connectivity index (χ1v) is 8.24. The third kappa shape index (κ3) is 4.13. The number of amides is 1. The number of aryl methyl sites for hydroxylation is 2. The van der Waals surface area contributed by atoms with E-state index in [0.717, 1.165) is 42.5 Å². The molecule has 0 radical (unpaired) electrons. The topological polar surface area (TPSA) is 56.1 Å². The average molecular weight is 311 g/mol. The fraction of sp³-hybridized carbons (Fsp3) is 0.474. The van der Waals surface area contributed by atoms with Gasteiger partial charge in [-0.2, -0.15) is 5.26 Å². The van der Waals surface area contributed by atoms with Crippen LogP contribution in [0.3, 0.4) is 0 Å². The van der Waals surface area contributed by atoms with Gasteiger partial charge >= 0.3 is 0 Å². The quantitative estimate of drug-likeness (QED) is 0.677. The van der Waals surface area contributed by atoms with Gasteiger partial charge in [0.05, 0.1) is 0 Å². The molecular weight excluding hydrogens is 286 g/mol.